The smallest absolute Gasteiger partial charge is 0.282 e. The molecule has 0 unspecified atom stereocenters. The number of aliphatic hydroxyl groups is 1. The molecule has 0 aromatic rings. The van der Waals surface area contributed by atoms with E-state index in [0.717, 1.165) is 12.8 Å². The lowest BCUT2D eigenvalue weighted by Gasteiger charge is -2.17. The Hall–Kier alpha value is -0.170. The Kier molecular flexibility index (Phi) is 2.79. The molecule has 0 atom stereocenters. The monoisotopic (exact) mass is 220 g/mol. The van der Waals surface area contributed by atoms with E-state index in [9.17, 15) is 8.42 Å². The first-order chi connectivity index (χ1) is 6.66. The third-order valence-electron chi connectivity index (χ3n) is 2.71. The molecule has 1 aliphatic heterocycles. The van der Waals surface area contributed by atoms with Crippen molar-refractivity contribution >= 4 is 10.2 Å². The van der Waals surface area contributed by atoms with Crippen LogP contribution >= 0.6 is 0 Å². The van der Waals surface area contributed by atoms with Crippen molar-refractivity contribution in [2.24, 2.45) is 0 Å². The van der Waals surface area contributed by atoms with Crippen molar-refractivity contribution in [3.8, 4) is 0 Å². The second-order valence-corrected chi connectivity index (χ2v) is 5.71. The molecule has 2 rings (SSSR count). The minimum Gasteiger partial charge on any atom is -0.396 e. The lowest BCUT2D eigenvalue weighted by atomic mass is 10.4. The molecule has 1 heterocycles. The molecule has 6 heteroatoms. The Labute approximate surface area is 84.5 Å². The zero-order valence-corrected chi connectivity index (χ0v) is 8.91. The number of aliphatic hydroxyl groups excluding tert-OH is 1. The van der Waals surface area contributed by atoms with E-state index in [1.807, 2.05) is 0 Å². The van der Waals surface area contributed by atoms with Gasteiger partial charge < -0.3 is 5.11 Å². The lowest BCUT2D eigenvalue weighted by molar-refractivity contribution is 0.273. The minimum atomic E-state index is -3.18. The van der Waals surface area contributed by atoms with Crippen LogP contribution in [-0.4, -0.2) is 54.4 Å². The molecule has 82 valence electrons. The summed E-state index contributed by atoms with van der Waals surface area (Å²) in [6, 6.07) is 0.263. The van der Waals surface area contributed by atoms with Crippen LogP contribution in [0.1, 0.15) is 19.3 Å². The molecule has 14 heavy (non-hydrogen) atoms. The summed E-state index contributed by atoms with van der Waals surface area (Å²) in [6.07, 6.45) is 2.54. The van der Waals surface area contributed by atoms with Gasteiger partial charge in [-0.05, 0) is 19.3 Å². The highest BCUT2D eigenvalue weighted by Crippen LogP contribution is 2.32. The second kappa shape index (κ2) is 3.77. The molecular weight excluding hydrogens is 204 g/mol. The fourth-order valence-electron chi connectivity index (χ4n) is 1.80. The average molecular weight is 220 g/mol. The van der Waals surface area contributed by atoms with Crippen LogP contribution in [0.4, 0.5) is 0 Å². The maximum absolute atomic E-state index is 11.9. The molecule has 5 nitrogen and oxygen atoms in total. The summed E-state index contributed by atoms with van der Waals surface area (Å²) < 4.78 is 26.8. The zero-order chi connectivity index (χ0) is 10.2. The van der Waals surface area contributed by atoms with E-state index < -0.39 is 10.2 Å². The number of hydrogen-bond acceptors (Lipinski definition) is 3. The second-order valence-electron chi connectivity index (χ2n) is 3.83. The van der Waals surface area contributed by atoms with Gasteiger partial charge in [0.15, 0.2) is 0 Å². The number of nitrogens with zero attached hydrogens (tertiary/aromatic N) is 2. The van der Waals surface area contributed by atoms with Gasteiger partial charge in [-0.3, -0.25) is 0 Å². The van der Waals surface area contributed by atoms with Crippen LogP contribution in [0.25, 0.3) is 0 Å². The fourth-order valence-corrected chi connectivity index (χ4v) is 3.67. The van der Waals surface area contributed by atoms with Gasteiger partial charge in [-0.1, -0.05) is 0 Å². The standard InChI is InChI=1S/C8H16N2O3S/c11-7-1-4-9-5-6-10(8-2-3-8)14(9,12)13/h8,11H,1-7H2. The van der Waals surface area contributed by atoms with E-state index in [4.69, 9.17) is 5.11 Å². The van der Waals surface area contributed by atoms with Crippen LogP contribution in [0, 0.1) is 0 Å². The van der Waals surface area contributed by atoms with Gasteiger partial charge in [0.25, 0.3) is 10.2 Å². The molecule has 1 aliphatic carbocycles. The molecule has 0 aromatic carbocycles. The molecule has 1 N–H and O–H groups in total. The molecule has 2 aliphatic rings. The van der Waals surface area contributed by atoms with Crippen molar-refractivity contribution in [3.05, 3.63) is 0 Å². The molecule has 1 saturated heterocycles. The number of rotatable bonds is 4. The lowest BCUT2D eigenvalue weighted by Crippen LogP contribution is -2.35. The van der Waals surface area contributed by atoms with Crippen LogP contribution in [0.2, 0.25) is 0 Å². The summed E-state index contributed by atoms with van der Waals surface area (Å²) in [5, 5.41) is 8.65. The van der Waals surface area contributed by atoms with Crippen molar-refractivity contribution in [1.29, 1.82) is 0 Å². The molecule has 0 spiro atoms. The Morgan fingerprint density at radius 3 is 2.57 bits per heavy atom. The number of hydrogen-bond donors (Lipinski definition) is 1. The molecule has 2 fully saturated rings. The predicted molar refractivity (Wildman–Crippen MR) is 51.9 cm³/mol. The highest BCUT2D eigenvalue weighted by atomic mass is 32.2. The van der Waals surface area contributed by atoms with Crippen molar-refractivity contribution in [3.63, 3.8) is 0 Å². The normalized spacial score (nSPS) is 28.4. The van der Waals surface area contributed by atoms with Gasteiger partial charge >= 0.3 is 0 Å². The van der Waals surface area contributed by atoms with Crippen LogP contribution in [0.3, 0.4) is 0 Å². The molecule has 0 aromatic heterocycles. The van der Waals surface area contributed by atoms with E-state index in [1.54, 1.807) is 4.31 Å². The van der Waals surface area contributed by atoms with E-state index in [1.165, 1.54) is 4.31 Å². The predicted octanol–water partition coefficient (Wildman–Crippen LogP) is -0.606. The highest BCUT2D eigenvalue weighted by Gasteiger charge is 2.44. The van der Waals surface area contributed by atoms with Crippen LogP contribution in [0.15, 0.2) is 0 Å². The topological polar surface area (TPSA) is 60.9 Å². The van der Waals surface area contributed by atoms with Gasteiger partial charge in [0.1, 0.15) is 0 Å². The SMILES string of the molecule is O=S1(=O)N(CCCO)CCN1C1CC1. The van der Waals surface area contributed by atoms with Crippen molar-refractivity contribution in [1.82, 2.24) is 8.61 Å². The third kappa shape index (κ3) is 1.79. The summed E-state index contributed by atoms with van der Waals surface area (Å²) in [5.41, 5.74) is 0. The molecule has 1 saturated carbocycles. The average Bonchev–Trinajstić information content (AvgIpc) is 2.90. The zero-order valence-electron chi connectivity index (χ0n) is 8.09. The molecule has 0 radical (unpaired) electrons. The van der Waals surface area contributed by atoms with Crippen LogP contribution in [-0.2, 0) is 10.2 Å². The van der Waals surface area contributed by atoms with Crippen LogP contribution < -0.4 is 0 Å². The quantitative estimate of drug-likeness (QED) is 0.688. The van der Waals surface area contributed by atoms with E-state index in [2.05, 4.69) is 0 Å². The minimum absolute atomic E-state index is 0.0510. The van der Waals surface area contributed by atoms with E-state index in [-0.39, 0.29) is 12.6 Å². The molecule has 0 amide bonds. The first kappa shape index (κ1) is 10.4. The van der Waals surface area contributed by atoms with Gasteiger partial charge in [0, 0.05) is 32.3 Å². The summed E-state index contributed by atoms with van der Waals surface area (Å²) in [5.74, 6) is 0. The van der Waals surface area contributed by atoms with Gasteiger partial charge in [0.05, 0.1) is 0 Å². The Morgan fingerprint density at radius 1 is 1.29 bits per heavy atom. The van der Waals surface area contributed by atoms with Gasteiger partial charge in [-0.15, -0.1) is 0 Å². The maximum Gasteiger partial charge on any atom is 0.282 e. The third-order valence-corrected chi connectivity index (χ3v) is 4.80. The van der Waals surface area contributed by atoms with Crippen molar-refractivity contribution < 1.29 is 13.5 Å². The van der Waals surface area contributed by atoms with E-state index in [0.29, 0.717) is 26.1 Å². The Balaban J connectivity index is 2.01. The first-order valence-corrected chi connectivity index (χ1v) is 6.44. The summed E-state index contributed by atoms with van der Waals surface area (Å²) >= 11 is 0. The van der Waals surface area contributed by atoms with Crippen molar-refractivity contribution in [2.75, 3.05) is 26.2 Å². The summed E-state index contributed by atoms with van der Waals surface area (Å²) in [6.45, 7) is 1.70. The van der Waals surface area contributed by atoms with Crippen LogP contribution in [0.5, 0.6) is 0 Å². The molecular formula is C8H16N2O3S. The fraction of sp³-hybridized carbons (Fsp3) is 1.00. The summed E-state index contributed by atoms with van der Waals surface area (Å²) in [4.78, 5) is 0. The first-order valence-electron chi connectivity index (χ1n) is 5.04. The van der Waals surface area contributed by atoms with Gasteiger partial charge in [-0.25, -0.2) is 0 Å². The Bertz CT molecular complexity index is 300. The largest absolute Gasteiger partial charge is 0.396 e. The summed E-state index contributed by atoms with van der Waals surface area (Å²) in [7, 11) is -3.18. The highest BCUT2D eigenvalue weighted by molar-refractivity contribution is 7.87. The van der Waals surface area contributed by atoms with Gasteiger partial charge in [0.2, 0.25) is 0 Å². The molecule has 0 bridgehead atoms. The van der Waals surface area contributed by atoms with Crippen molar-refractivity contribution in [2.45, 2.75) is 25.3 Å². The van der Waals surface area contributed by atoms with E-state index >= 15 is 0 Å². The van der Waals surface area contributed by atoms with Gasteiger partial charge in [-0.2, -0.15) is 17.0 Å². The Morgan fingerprint density at radius 2 is 2.00 bits per heavy atom. The maximum atomic E-state index is 11.9.